The third-order valence-electron chi connectivity index (χ3n) is 3.67. The second-order valence-corrected chi connectivity index (χ2v) is 6.41. The Morgan fingerprint density at radius 3 is 1.70 bits per heavy atom. The van der Waals surface area contributed by atoms with E-state index in [2.05, 4.69) is 45.1 Å². The molecule has 0 amide bonds. The molecule has 0 fully saturated rings. The van der Waals surface area contributed by atoms with Crippen molar-refractivity contribution >= 4 is 0 Å². The molecular formula is C20H38. The highest BCUT2D eigenvalue weighted by atomic mass is 14.0. The van der Waals surface area contributed by atoms with Crippen molar-refractivity contribution in [1.82, 2.24) is 0 Å². The number of hydrogen-bond acceptors (Lipinski definition) is 0. The summed E-state index contributed by atoms with van der Waals surface area (Å²) in [6, 6.07) is 0. The molecule has 0 N–H and O–H groups in total. The van der Waals surface area contributed by atoms with Gasteiger partial charge < -0.3 is 0 Å². The first-order valence-electron chi connectivity index (χ1n) is 9.07. The molecule has 20 heavy (non-hydrogen) atoms. The maximum Gasteiger partial charge on any atom is -0.0316 e. The van der Waals surface area contributed by atoms with Crippen molar-refractivity contribution in [2.24, 2.45) is 5.92 Å². The van der Waals surface area contributed by atoms with Crippen molar-refractivity contribution in [2.75, 3.05) is 0 Å². The van der Waals surface area contributed by atoms with Gasteiger partial charge in [-0.15, -0.1) is 0 Å². The quantitative estimate of drug-likeness (QED) is 0.228. The van der Waals surface area contributed by atoms with Gasteiger partial charge in [-0.3, -0.25) is 0 Å². The second kappa shape index (κ2) is 16.5. The summed E-state index contributed by atoms with van der Waals surface area (Å²) in [5.41, 5.74) is 0. The van der Waals surface area contributed by atoms with Gasteiger partial charge in [-0.2, -0.15) is 0 Å². The zero-order valence-electron chi connectivity index (χ0n) is 14.4. The van der Waals surface area contributed by atoms with Crippen molar-refractivity contribution in [3.8, 4) is 0 Å². The molecule has 0 atom stereocenters. The Morgan fingerprint density at radius 2 is 1.10 bits per heavy atom. The minimum atomic E-state index is 0.795. The van der Waals surface area contributed by atoms with Gasteiger partial charge in [0, 0.05) is 0 Å². The van der Waals surface area contributed by atoms with Gasteiger partial charge in [-0.1, -0.05) is 90.0 Å². The molecule has 0 radical (unpaired) electrons. The molecule has 0 heteroatoms. The molecule has 0 aromatic rings. The van der Waals surface area contributed by atoms with E-state index in [0.29, 0.717) is 0 Å². The minimum absolute atomic E-state index is 0.795. The van der Waals surface area contributed by atoms with Crippen LogP contribution < -0.4 is 0 Å². The van der Waals surface area contributed by atoms with Crippen LogP contribution in [0.15, 0.2) is 24.3 Å². The van der Waals surface area contributed by atoms with E-state index in [1.165, 1.54) is 77.0 Å². The van der Waals surface area contributed by atoms with Gasteiger partial charge in [0.25, 0.3) is 0 Å². The first-order valence-corrected chi connectivity index (χ1v) is 9.07. The van der Waals surface area contributed by atoms with Crippen molar-refractivity contribution in [3.05, 3.63) is 24.3 Å². The molecule has 0 aromatic heterocycles. The minimum Gasteiger partial charge on any atom is -0.0885 e. The standard InChI is InChI=1S/C20H38/c1-4-5-6-7-8-9-10-11-12-13-14-15-16-17-18-19-20(2)3/h13-14,17-18,20H,4-12,15-16,19H2,1-3H3/b14-13+,18-17+. The van der Waals surface area contributed by atoms with Crippen molar-refractivity contribution in [3.63, 3.8) is 0 Å². The maximum absolute atomic E-state index is 2.38. The van der Waals surface area contributed by atoms with Crippen LogP contribution in [0.1, 0.15) is 97.8 Å². The lowest BCUT2D eigenvalue weighted by Crippen LogP contribution is -1.81. The van der Waals surface area contributed by atoms with Crippen LogP contribution in [0.5, 0.6) is 0 Å². The Bertz CT molecular complexity index is 222. The molecule has 0 aromatic carbocycles. The van der Waals surface area contributed by atoms with E-state index in [4.69, 9.17) is 0 Å². The summed E-state index contributed by atoms with van der Waals surface area (Å²) in [5, 5.41) is 0. The molecule has 0 unspecified atom stereocenters. The van der Waals surface area contributed by atoms with E-state index in [1.807, 2.05) is 0 Å². The third-order valence-corrected chi connectivity index (χ3v) is 3.67. The van der Waals surface area contributed by atoms with Gasteiger partial charge in [-0.25, -0.2) is 0 Å². The number of unbranched alkanes of at least 4 members (excludes halogenated alkanes) is 9. The van der Waals surface area contributed by atoms with Crippen LogP contribution in [-0.4, -0.2) is 0 Å². The molecule has 118 valence electrons. The molecule has 0 saturated carbocycles. The summed E-state index contributed by atoms with van der Waals surface area (Å²) < 4.78 is 0. The lowest BCUT2D eigenvalue weighted by Gasteiger charge is -1.99. The first-order chi connectivity index (χ1) is 9.77. The molecule has 0 saturated heterocycles. The topological polar surface area (TPSA) is 0 Å². The van der Waals surface area contributed by atoms with Crippen molar-refractivity contribution in [2.45, 2.75) is 97.8 Å². The Hall–Kier alpha value is -0.520. The lowest BCUT2D eigenvalue weighted by molar-refractivity contribution is 0.577. The highest BCUT2D eigenvalue weighted by Gasteiger charge is 1.90. The summed E-state index contributed by atoms with van der Waals surface area (Å²) in [5.74, 6) is 0.795. The van der Waals surface area contributed by atoms with E-state index >= 15 is 0 Å². The van der Waals surface area contributed by atoms with E-state index in [-0.39, 0.29) is 0 Å². The van der Waals surface area contributed by atoms with Gasteiger partial charge in [0.1, 0.15) is 0 Å². The van der Waals surface area contributed by atoms with Gasteiger partial charge >= 0.3 is 0 Å². The Morgan fingerprint density at radius 1 is 0.600 bits per heavy atom. The molecule has 0 spiro atoms. The Kier molecular flexibility index (Phi) is 16.1. The lowest BCUT2D eigenvalue weighted by atomic mass is 10.1. The fourth-order valence-electron chi connectivity index (χ4n) is 2.31. The summed E-state index contributed by atoms with van der Waals surface area (Å²) in [7, 11) is 0. The fraction of sp³-hybridized carbons (Fsp3) is 0.800. The SMILES string of the molecule is CCCCCCCCCC/C=C/CC/C=C/CC(C)C. The predicted molar refractivity (Wildman–Crippen MR) is 94.2 cm³/mol. The monoisotopic (exact) mass is 278 g/mol. The largest absolute Gasteiger partial charge is 0.0885 e. The molecule has 0 heterocycles. The van der Waals surface area contributed by atoms with E-state index in [1.54, 1.807) is 0 Å². The molecule has 0 aliphatic heterocycles. The Labute approximate surface area is 128 Å². The number of rotatable bonds is 14. The van der Waals surface area contributed by atoms with Crippen LogP contribution >= 0.6 is 0 Å². The van der Waals surface area contributed by atoms with Crippen molar-refractivity contribution in [1.29, 1.82) is 0 Å². The molecule has 0 rings (SSSR count). The highest BCUT2D eigenvalue weighted by Crippen LogP contribution is 2.10. The van der Waals surface area contributed by atoms with Crippen molar-refractivity contribution < 1.29 is 0 Å². The van der Waals surface area contributed by atoms with Crippen LogP contribution in [0.2, 0.25) is 0 Å². The average molecular weight is 279 g/mol. The molecule has 0 bridgehead atoms. The van der Waals surface area contributed by atoms with Crippen LogP contribution in [0.25, 0.3) is 0 Å². The van der Waals surface area contributed by atoms with Crippen LogP contribution in [-0.2, 0) is 0 Å². The summed E-state index contributed by atoms with van der Waals surface area (Å²) in [6.07, 6.45) is 25.7. The van der Waals surface area contributed by atoms with E-state index < -0.39 is 0 Å². The number of hydrogen-bond donors (Lipinski definition) is 0. The van der Waals surface area contributed by atoms with Crippen LogP contribution in [0.3, 0.4) is 0 Å². The van der Waals surface area contributed by atoms with Gasteiger partial charge in [0.2, 0.25) is 0 Å². The molecular weight excluding hydrogens is 240 g/mol. The normalized spacial score (nSPS) is 12.2. The molecule has 0 aliphatic carbocycles. The summed E-state index contributed by atoms with van der Waals surface area (Å²) in [4.78, 5) is 0. The van der Waals surface area contributed by atoms with Gasteiger partial charge in [0.05, 0.1) is 0 Å². The van der Waals surface area contributed by atoms with E-state index in [0.717, 1.165) is 5.92 Å². The Balaban J connectivity index is 3.14. The molecule has 0 aliphatic rings. The third kappa shape index (κ3) is 17.5. The highest BCUT2D eigenvalue weighted by molar-refractivity contribution is 4.88. The average Bonchev–Trinajstić information content (AvgIpc) is 2.43. The zero-order valence-corrected chi connectivity index (χ0v) is 14.4. The smallest absolute Gasteiger partial charge is 0.0316 e. The van der Waals surface area contributed by atoms with Gasteiger partial charge in [-0.05, 0) is 38.0 Å². The predicted octanol–water partition coefficient (Wildman–Crippen LogP) is 7.46. The van der Waals surface area contributed by atoms with Crippen LogP contribution in [0, 0.1) is 5.92 Å². The fourth-order valence-corrected chi connectivity index (χ4v) is 2.31. The first kappa shape index (κ1) is 19.5. The zero-order chi connectivity index (χ0) is 14.9. The molecule has 0 nitrogen and oxygen atoms in total. The van der Waals surface area contributed by atoms with Gasteiger partial charge in [0.15, 0.2) is 0 Å². The van der Waals surface area contributed by atoms with Crippen LogP contribution in [0.4, 0.5) is 0 Å². The number of allylic oxidation sites excluding steroid dienone is 4. The summed E-state index contributed by atoms with van der Waals surface area (Å²) >= 11 is 0. The van der Waals surface area contributed by atoms with E-state index in [9.17, 15) is 0 Å². The second-order valence-electron chi connectivity index (χ2n) is 6.41. The maximum atomic E-state index is 2.38. The summed E-state index contributed by atoms with van der Waals surface area (Å²) in [6.45, 7) is 6.83.